The minimum absolute atomic E-state index is 0.0226. The maximum Gasteiger partial charge on any atom is 0.306 e. The van der Waals surface area contributed by atoms with Gasteiger partial charge in [-0.15, -0.1) is 0 Å². The van der Waals surface area contributed by atoms with Crippen LogP contribution >= 0.6 is 0 Å². The third-order valence-electron chi connectivity index (χ3n) is 9.56. The maximum absolute atomic E-state index is 11.7. The first kappa shape index (κ1) is 16.4. The molecule has 0 radical (unpaired) electrons. The second kappa shape index (κ2) is 5.60. The fourth-order valence-corrected chi connectivity index (χ4v) is 8.24. The number of hydrogen-bond acceptors (Lipinski definition) is 2. The van der Waals surface area contributed by atoms with E-state index in [1.165, 1.54) is 51.4 Å². The molecule has 2 heteroatoms. The summed E-state index contributed by atoms with van der Waals surface area (Å²) in [6.45, 7) is 5.84. The third-order valence-corrected chi connectivity index (χ3v) is 9.56. The van der Waals surface area contributed by atoms with Gasteiger partial charge in [0.05, 0.1) is 13.0 Å². The highest BCUT2D eigenvalue weighted by Gasteiger charge is 2.59. The molecule has 25 heavy (non-hydrogen) atoms. The Morgan fingerprint density at radius 2 is 1.80 bits per heavy atom. The van der Waals surface area contributed by atoms with Gasteiger partial charge in [0.1, 0.15) is 0 Å². The maximum atomic E-state index is 11.7. The van der Waals surface area contributed by atoms with Gasteiger partial charge in [-0.25, -0.2) is 0 Å². The zero-order valence-electron chi connectivity index (χ0n) is 16.0. The van der Waals surface area contributed by atoms with Crippen LogP contribution in [0.15, 0.2) is 12.2 Å². The Kier molecular flexibility index (Phi) is 3.67. The van der Waals surface area contributed by atoms with Gasteiger partial charge in [0, 0.05) is 5.92 Å². The van der Waals surface area contributed by atoms with Crippen LogP contribution in [0.2, 0.25) is 0 Å². The molecule has 5 rings (SSSR count). The second-order valence-electron chi connectivity index (χ2n) is 10.4. The highest BCUT2D eigenvalue weighted by atomic mass is 16.5. The molecule has 0 N–H and O–H groups in total. The Bertz CT molecular complexity index is 595. The van der Waals surface area contributed by atoms with Gasteiger partial charge in [0.15, 0.2) is 0 Å². The standard InChI is InChI=1S/C23H34O2/c1-22-11-4-3-5-16(22)6-7-17-19-9-8-18(15-13-21(24)25-14-15)23(19,2)12-10-20(17)22/h8-9,15-20H,3-7,10-14H2,1-2H3/t15-,16?,17-,18+,19+,20-,22-,23+/m0/s1. The Morgan fingerprint density at radius 1 is 0.960 bits per heavy atom. The van der Waals surface area contributed by atoms with Crippen LogP contribution in [0.1, 0.15) is 71.6 Å². The molecule has 2 nitrogen and oxygen atoms in total. The van der Waals surface area contributed by atoms with Gasteiger partial charge < -0.3 is 4.74 Å². The molecule has 0 spiro atoms. The Labute approximate surface area is 152 Å². The van der Waals surface area contributed by atoms with E-state index >= 15 is 0 Å². The average molecular weight is 343 g/mol. The Hall–Kier alpha value is -0.790. The summed E-state index contributed by atoms with van der Waals surface area (Å²) in [7, 11) is 0. The van der Waals surface area contributed by atoms with Gasteiger partial charge in [-0.2, -0.15) is 0 Å². The van der Waals surface area contributed by atoms with E-state index in [0.717, 1.165) is 23.7 Å². The fourth-order valence-electron chi connectivity index (χ4n) is 8.24. The van der Waals surface area contributed by atoms with Crippen molar-refractivity contribution in [3.8, 4) is 0 Å². The van der Waals surface area contributed by atoms with E-state index in [4.69, 9.17) is 4.74 Å². The van der Waals surface area contributed by atoms with Gasteiger partial charge in [0.2, 0.25) is 0 Å². The zero-order valence-corrected chi connectivity index (χ0v) is 16.0. The lowest BCUT2D eigenvalue weighted by Crippen LogP contribution is -2.53. The van der Waals surface area contributed by atoms with E-state index < -0.39 is 0 Å². The van der Waals surface area contributed by atoms with Crippen molar-refractivity contribution >= 4 is 5.97 Å². The molecule has 4 fully saturated rings. The Morgan fingerprint density at radius 3 is 2.60 bits per heavy atom. The molecule has 0 aromatic heterocycles. The van der Waals surface area contributed by atoms with Crippen molar-refractivity contribution in [3.63, 3.8) is 0 Å². The Balaban J connectivity index is 1.41. The smallest absolute Gasteiger partial charge is 0.306 e. The molecular formula is C23H34O2. The molecule has 1 unspecified atom stereocenters. The molecule has 8 atom stereocenters. The number of rotatable bonds is 1. The minimum Gasteiger partial charge on any atom is -0.465 e. The number of carbonyl (C=O) groups is 1. The highest BCUT2D eigenvalue weighted by molar-refractivity contribution is 5.71. The van der Waals surface area contributed by atoms with Crippen molar-refractivity contribution < 1.29 is 9.53 Å². The predicted molar refractivity (Wildman–Crippen MR) is 98.8 cm³/mol. The quantitative estimate of drug-likeness (QED) is 0.473. The lowest BCUT2D eigenvalue weighted by atomic mass is 9.44. The lowest BCUT2D eigenvalue weighted by Gasteiger charge is -2.60. The van der Waals surface area contributed by atoms with Crippen molar-refractivity contribution in [1.29, 1.82) is 0 Å². The van der Waals surface area contributed by atoms with Crippen LogP contribution in [-0.4, -0.2) is 12.6 Å². The van der Waals surface area contributed by atoms with Gasteiger partial charge in [-0.3, -0.25) is 4.79 Å². The molecule has 0 amide bonds. The summed E-state index contributed by atoms with van der Waals surface area (Å²) < 4.78 is 5.32. The van der Waals surface area contributed by atoms with Gasteiger partial charge in [-0.1, -0.05) is 38.8 Å². The van der Waals surface area contributed by atoms with E-state index in [1.807, 2.05) is 0 Å². The summed E-state index contributed by atoms with van der Waals surface area (Å²) in [6.07, 6.45) is 17.3. The number of ether oxygens (including phenoxy) is 1. The van der Waals surface area contributed by atoms with Crippen LogP contribution in [0.25, 0.3) is 0 Å². The first-order chi connectivity index (χ1) is 12.0. The van der Waals surface area contributed by atoms with E-state index in [1.54, 1.807) is 0 Å². The van der Waals surface area contributed by atoms with Crippen LogP contribution in [-0.2, 0) is 9.53 Å². The molecule has 1 saturated heterocycles. The minimum atomic E-state index is 0.0226. The molecule has 0 aromatic rings. The SMILES string of the molecule is C[C@]12CC[C@H]3[C@@H](CCC4CCCC[C@@]43C)[C@H]1C=C[C@@H]2[C@@H]1COC(=O)C1. The van der Waals surface area contributed by atoms with E-state index in [9.17, 15) is 4.79 Å². The normalized spacial score (nSPS) is 54.6. The summed E-state index contributed by atoms with van der Waals surface area (Å²) in [5, 5.41) is 0. The molecule has 0 aromatic carbocycles. The van der Waals surface area contributed by atoms with Crippen molar-refractivity contribution in [2.45, 2.75) is 71.6 Å². The van der Waals surface area contributed by atoms with Crippen molar-refractivity contribution in [2.75, 3.05) is 6.61 Å². The number of cyclic esters (lactones) is 1. The van der Waals surface area contributed by atoms with E-state index in [2.05, 4.69) is 26.0 Å². The number of fused-ring (bicyclic) bond motifs is 5. The molecule has 0 bridgehead atoms. The second-order valence-corrected chi connectivity index (χ2v) is 10.4. The summed E-state index contributed by atoms with van der Waals surface area (Å²) in [4.78, 5) is 11.7. The van der Waals surface area contributed by atoms with Crippen molar-refractivity contribution in [2.24, 2.45) is 46.3 Å². The summed E-state index contributed by atoms with van der Waals surface area (Å²) in [5.74, 6) is 4.57. The predicted octanol–water partition coefficient (Wildman–Crippen LogP) is 5.37. The van der Waals surface area contributed by atoms with Crippen LogP contribution in [0.5, 0.6) is 0 Å². The molecule has 138 valence electrons. The average Bonchev–Trinajstić information content (AvgIpc) is 3.16. The van der Waals surface area contributed by atoms with Gasteiger partial charge in [-0.05, 0) is 78.9 Å². The molecule has 3 saturated carbocycles. The first-order valence-electron chi connectivity index (χ1n) is 10.9. The summed E-state index contributed by atoms with van der Waals surface area (Å²) >= 11 is 0. The summed E-state index contributed by atoms with van der Waals surface area (Å²) in [6, 6.07) is 0. The number of esters is 1. The lowest BCUT2D eigenvalue weighted by molar-refractivity contribution is -0.137. The number of hydrogen-bond donors (Lipinski definition) is 0. The molecule has 5 aliphatic rings. The van der Waals surface area contributed by atoms with Gasteiger partial charge in [0.25, 0.3) is 0 Å². The number of carbonyl (C=O) groups excluding carboxylic acids is 1. The summed E-state index contributed by atoms with van der Waals surface area (Å²) in [5.41, 5.74) is 0.985. The van der Waals surface area contributed by atoms with Crippen molar-refractivity contribution in [3.05, 3.63) is 12.2 Å². The zero-order chi connectivity index (χ0) is 17.2. The first-order valence-corrected chi connectivity index (χ1v) is 10.9. The van der Waals surface area contributed by atoms with Gasteiger partial charge >= 0.3 is 5.97 Å². The number of allylic oxidation sites excluding steroid dienone is 2. The van der Waals surface area contributed by atoms with E-state index in [-0.39, 0.29) is 5.97 Å². The highest BCUT2D eigenvalue weighted by Crippen LogP contribution is 2.66. The fraction of sp³-hybridized carbons (Fsp3) is 0.870. The largest absolute Gasteiger partial charge is 0.465 e. The molecular weight excluding hydrogens is 308 g/mol. The van der Waals surface area contributed by atoms with Crippen LogP contribution < -0.4 is 0 Å². The molecule has 1 heterocycles. The monoisotopic (exact) mass is 342 g/mol. The van der Waals surface area contributed by atoms with E-state index in [0.29, 0.717) is 35.7 Å². The third kappa shape index (κ3) is 2.24. The topological polar surface area (TPSA) is 26.3 Å². The van der Waals surface area contributed by atoms with Crippen LogP contribution in [0, 0.1) is 46.3 Å². The van der Waals surface area contributed by atoms with Crippen LogP contribution in [0.4, 0.5) is 0 Å². The molecule has 4 aliphatic carbocycles. The van der Waals surface area contributed by atoms with Crippen molar-refractivity contribution in [1.82, 2.24) is 0 Å². The molecule has 1 aliphatic heterocycles. The van der Waals surface area contributed by atoms with Crippen LogP contribution in [0.3, 0.4) is 0 Å².